The lowest BCUT2D eigenvalue weighted by Gasteiger charge is -2.21. The average molecular weight is 290 g/mol. The quantitative estimate of drug-likeness (QED) is 0.803. The van der Waals surface area contributed by atoms with Crippen LogP contribution in [-0.4, -0.2) is 7.11 Å². The molecule has 0 amide bonds. The van der Waals surface area contributed by atoms with Gasteiger partial charge >= 0.3 is 0 Å². The van der Waals surface area contributed by atoms with Crippen LogP contribution in [0.3, 0.4) is 0 Å². The molecule has 0 aliphatic rings. The molecule has 2 rings (SSSR count). The Hall–Kier alpha value is -1.51. The van der Waals surface area contributed by atoms with Crippen molar-refractivity contribution in [2.24, 2.45) is 0 Å². The van der Waals surface area contributed by atoms with E-state index in [1.54, 1.807) is 7.11 Å². The van der Waals surface area contributed by atoms with E-state index in [0.717, 1.165) is 17.1 Å². The highest BCUT2D eigenvalue weighted by molar-refractivity contribution is 6.30. The lowest BCUT2D eigenvalue weighted by molar-refractivity contribution is 0.185. The molecule has 0 aliphatic carbocycles. The van der Waals surface area contributed by atoms with E-state index in [9.17, 15) is 0 Å². The molecule has 0 aromatic heterocycles. The van der Waals surface area contributed by atoms with Crippen LogP contribution in [0.25, 0.3) is 0 Å². The van der Waals surface area contributed by atoms with Crippen LogP contribution in [0, 0.1) is 0 Å². The first-order chi connectivity index (χ1) is 9.74. The van der Waals surface area contributed by atoms with Crippen molar-refractivity contribution in [1.82, 2.24) is 0 Å². The molecule has 0 saturated heterocycles. The van der Waals surface area contributed by atoms with E-state index >= 15 is 0 Å². The van der Waals surface area contributed by atoms with Crippen LogP contribution < -0.4 is 5.32 Å². The van der Waals surface area contributed by atoms with Gasteiger partial charge in [0.1, 0.15) is 0 Å². The summed E-state index contributed by atoms with van der Waals surface area (Å²) in [4.78, 5) is 0. The number of para-hydroxylation sites is 1. The van der Waals surface area contributed by atoms with Gasteiger partial charge in [0.15, 0.2) is 0 Å². The molecule has 106 valence electrons. The van der Waals surface area contributed by atoms with E-state index in [2.05, 4.69) is 36.5 Å². The zero-order valence-corrected chi connectivity index (χ0v) is 12.7. The van der Waals surface area contributed by atoms with Gasteiger partial charge in [0, 0.05) is 23.4 Å². The molecule has 0 aliphatic heterocycles. The van der Waals surface area contributed by atoms with E-state index in [4.69, 9.17) is 16.3 Å². The summed E-state index contributed by atoms with van der Waals surface area (Å²) in [6.45, 7) is 2.78. The average Bonchev–Trinajstić information content (AvgIpc) is 2.48. The Morgan fingerprint density at radius 2 is 1.80 bits per heavy atom. The summed E-state index contributed by atoms with van der Waals surface area (Å²) in [6.07, 6.45) is 1.00. The lowest BCUT2D eigenvalue weighted by atomic mass is 10.0. The fourth-order valence-electron chi connectivity index (χ4n) is 2.25. The first-order valence-corrected chi connectivity index (χ1v) is 7.21. The van der Waals surface area contributed by atoms with Gasteiger partial charge in [-0.15, -0.1) is 0 Å². The summed E-state index contributed by atoms with van der Waals surface area (Å²) in [5, 5.41) is 4.36. The Labute approximate surface area is 125 Å². The number of ether oxygens (including phenoxy) is 1. The van der Waals surface area contributed by atoms with Crippen molar-refractivity contribution in [2.75, 3.05) is 12.4 Å². The maximum Gasteiger partial charge on any atom is 0.0733 e. The van der Waals surface area contributed by atoms with Crippen LogP contribution in [0.5, 0.6) is 0 Å². The van der Waals surface area contributed by atoms with E-state index in [-0.39, 0.29) is 6.04 Å². The third kappa shape index (κ3) is 3.75. The zero-order valence-electron chi connectivity index (χ0n) is 11.9. The van der Waals surface area contributed by atoms with Gasteiger partial charge in [0.05, 0.1) is 12.6 Å². The Balaban J connectivity index is 2.20. The van der Waals surface area contributed by atoms with Crippen molar-refractivity contribution in [3.05, 3.63) is 64.7 Å². The van der Waals surface area contributed by atoms with E-state index in [1.165, 1.54) is 11.1 Å². The fourth-order valence-corrected chi connectivity index (χ4v) is 2.37. The number of benzene rings is 2. The van der Waals surface area contributed by atoms with Crippen LogP contribution in [-0.2, 0) is 11.3 Å². The molecule has 0 spiro atoms. The Bertz CT molecular complexity index is 539. The van der Waals surface area contributed by atoms with Crippen molar-refractivity contribution < 1.29 is 4.74 Å². The standard InChI is InChI=1S/C17H20ClNO/c1-3-16(13-8-10-15(18)11-9-13)19-17-7-5-4-6-14(17)12-20-2/h4-11,16,19H,3,12H2,1-2H3. The summed E-state index contributed by atoms with van der Waals surface area (Å²) in [6, 6.07) is 16.5. The number of hydrogen-bond donors (Lipinski definition) is 1. The third-order valence-corrected chi connectivity index (χ3v) is 3.58. The summed E-state index contributed by atoms with van der Waals surface area (Å²) >= 11 is 5.95. The van der Waals surface area contributed by atoms with Gasteiger partial charge in [0.2, 0.25) is 0 Å². The molecule has 0 heterocycles. The second-order valence-electron chi connectivity index (χ2n) is 4.75. The minimum absolute atomic E-state index is 0.269. The summed E-state index contributed by atoms with van der Waals surface area (Å²) in [5.41, 5.74) is 3.53. The monoisotopic (exact) mass is 289 g/mol. The first kappa shape index (κ1) is 14.9. The SMILES string of the molecule is CCC(Nc1ccccc1COC)c1ccc(Cl)cc1. The highest BCUT2D eigenvalue weighted by Gasteiger charge is 2.11. The number of nitrogens with one attached hydrogen (secondary N) is 1. The minimum atomic E-state index is 0.269. The summed E-state index contributed by atoms with van der Waals surface area (Å²) in [5.74, 6) is 0. The second-order valence-corrected chi connectivity index (χ2v) is 5.18. The van der Waals surface area contributed by atoms with Gasteiger partial charge in [-0.3, -0.25) is 0 Å². The molecule has 2 nitrogen and oxygen atoms in total. The highest BCUT2D eigenvalue weighted by atomic mass is 35.5. The van der Waals surface area contributed by atoms with Crippen LogP contribution in [0.1, 0.15) is 30.5 Å². The normalized spacial score (nSPS) is 12.2. The van der Waals surface area contributed by atoms with Crippen molar-refractivity contribution in [3.63, 3.8) is 0 Å². The predicted molar refractivity (Wildman–Crippen MR) is 85.3 cm³/mol. The molecule has 20 heavy (non-hydrogen) atoms. The number of hydrogen-bond acceptors (Lipinski definition) is 2. The van der Waals surface area contributed by atoms with Crippen molar-refractivity contribution in [3.8, 4) is 0 Å². The maximum absolute atomic E-state index is 5.95. The fraction of sp³-hybridized carbons (Fsp3) is 0.294. The molecule has 0 radical (unpaired) electrons. The molecule has 1 N–H and O–H groups in total. The lowest BCUT2D eigenvalue weighted by Crippen LogP contribution is -2.11. The largest absolute Gasteiger partial charge is 0.380 e. The number of anilines is 1. The van der Waals surface area contributed by atoms with Crippen LogP contribution in [0.2, 0.25) is 5.02 Å². The van der Waals surface area contributed by atoms with Crippen LogP contribution in [0.15, 0.2) is 48.5 Å². The topological polar surface area (TPSA) is 21.3 Å². The molecule has 0 fully saturated rings. The van der Waals surface area contributed by atoms with Crippen LogP contribution in [0.4, 0.5) is 5.69 Å². The molecule has 2 aromatic carbocycles. The molecule has 3 heteroatoms. The summed E-state index contributed by atoms with van der Waals surface area (Å²) < 4.78 is 5.25. The molecular weight excluding hydrogens is 270 g/mol. The van der Waals surface area contributed by atoms with Crippen molar-refractivity contribution >= 4 is 17.3 Å². The number of methoxy groups -OCH3 is 1. The minimum Gasteiger partial charge on any atom is -0.380 e. The van der Waals surface area contributed by atoms with E-state index in [0.29, 0.717) is 6.61 Å². The number of rotatable bonds is 6. The van der Waals surface area contributed by atoms with Crippen molar-refractivity contribution in [2.45, 2.75) is 26.0 Å². The first-order valence-electron chi connectivity index (χ1n) is 6.83. The van der Waals surface area contributed by atoms with Gasteiger partial charge in [-0.25, -0.2) is 0 Å². The molecular formula is C17H20ClNO. The Morgan fingerprint density at radius 3 is 2.45 bits per heavy atom. The van der Waals surface area contributed by atoms with E-state index < -0.39 is 0 Å². The highest BCUT2D eigenvalue weighted by Crippen LogP contribution is 2.26. The molecule has 1 atom stereocenters. The third-order valence-electron chi connectivity index (χ3n) is 3.33. The maximum atomic E-state index is 5.95. The van der Waals surface area contributed by atoms with Crippen LogP contribution >= 0.6 is 11.6 Å². The Kier molecular flexibility index (Phi) is 5.45. The molecule has 0 saturated carbocycles. The summed E-state index contributed by atoms with van der Waals surface area (Å²) in [7, 11) is 1.72. The molecule has 2 aromatic rings. The molecule has 1 unspecified atom stereocenters. The molecule has 0 bridgehead atoms. The smallest absolute Gasteiger partial charge is 0.0733 e. The second kappa shape index (κ2) is 7.32. The predicted octanol–water partition coefficient (Wildman–Crippen LogP) is 5.05. The van der Waals surface area contributed by atoms with Gasteiger partial charge in [-0.05, 0) is 30.2 Å². The van der Waals surface area contributed by atoms with Gasteiger partial charge in [0.25, 0.3) is 0 Å². The van der Waals surface area contributed by atoms with Gasteiger partial charge in [-0.2, -0.15) is 0 Å². The van der Waals surface area contributed by atoms with Crippen molar-refractivity contribution in [1.29, 1.82) is 0 Å². The van der Waals surface area contributed by atoms with Gasteiger partial charge in [-0.1, -0.05) is 48.9 Å². The number of halogens is 1. The zero-order chi connectivity index (χ0) is 14.4. The van der Waals surface area contributed by atoms with Gasteiger partial charge < -0.3 is 10.1 Å². The van der Waals surface area contributed by atoms with E-state index in [1.807, 2.05) is 24.3 Å². The Morgan fingerprint density at radius 1 is 1.10 bits per heavy atom.